The minimum absolute atomic E-state index is 0.116. The summed E-state index contributed by atoms with van der Waals surface area (Å²) in [5.74, 6) is 0.841. The molecule has 1 atom stereocenters. The molecular weight excluding hydrogens is 202 g/mol. The van der Waals surface area contributed by atoms with Crippen LogP contribution >= 0.6 is 0 Å². The van der Waals surface area contributed by atoms with E-state index in [0.717, 1.165) is 29.1 Å². The van der Waals surface area contributed by atoms with Crippen molar-refractivity contribution < 1.29 is 0 Å². The van der Waals surface area contributed by atoms with Crippen LogP contribution in [0.4, 0.5) is 5.82 Å². The molecule has 0 spiro atoms. The summed E-state index contributed by atoms with van der Waals surface area (Å²) in [6.45, 7) is 4.66. The first kappa shape index (κ1) is 10.9. The fourth-order valence-corrected chi connectivity index (χ4v) is 1.67. The van der Waals surface area contributed by atoms with Gasteiger partial charge in [-0.3, -0.25) is 4.68 Å². The van der Waals surface area contributed by atoms with E-state index < -0.39 is 0 Å². The molecule has 2 heterocycles. The molecule has 0 aliphatic carbocycles. The van der Waals surface area contributed by atoms with Gasteiger partial charge in [0.25, 0.3) is 0 Å². The van der Waals surface area contributed by atoms with Crippen LogP contribution < -0.4 is 11.1 Å². The Kier molecular flexibility index (Phi) is 2.78. The van der Waals surface area contributed by atoms with Gasteiger partial charge in [-0.2, -0.15) is 5.10 Å². The maximum Gasteiger partial charge on any atom is 0.160 e. The van der Waals surface area contributed by atoms with Crippen molar-refractivity contribution in [2.45, 2.75) is 19.9 Å². The van der Waals surface area contributed by atoms with E-state index >= 15 is 0 Å². The van der Waals surface area contributed by atoms with E-state index in [4.69, 9.17) is 5.73 Å². The minimum atomic E-state index is 0.116. The maximum atomic E-state index is 5.68. The number of fused-ring (bicyclic) bond motifs is 1. The van der Waals surface area contributed by atoms with Crippen molar-refractivity contribution in [2.75, 3.05) is 11.9 Å². The molecule has 5 heteroatoms. The molecule has 1 unspecified atom stereocenters. The largest absolute Gasteiger partial charge is 0.368 e. The number of nitrogens with zero attached hydrogens (tertiary/aromatic N) is 3. The summed E-state index contributed by atoms with van der Waals surface area (Å²) >= 11 is 0. The van der Waals surface area contributed by atoms with E-state index in [-0.39, 0.29) is 6.04 Å². The number of anilines is 1. The number of rotatable bonds is 3. The summed E-state index contributed by atoms with van der Waals surface area (Å²) in [5.41, 5.74) is 7.58. The van der Waals surface area contributed by atoms with Gasteiger partial charge in [-0.05, 0) is 26.0 Å². The number of aryl methyl sites for hydroxylation is 2. The molecule has 16 heavy (non-hydrogen) atoms. The highest BCUT2D eigenvalue weighted by Gasteiger charge is 2.06. The van der Waals surface area contributed by atoms with Crippen LogP contribution in [0.25, 0.3) is 11.0 Å². The number of hydrogen-bond donors (Lipinski definition) is 2. The van der Waals surface area contributed by atoms with Crippen LogP contribution in [-0.4, -0.2) is 27.4 Å². The Labute approximate surface area is 94.7 Å². The lowest BCUT2D eigenvalue weighted by Crippen LogP contribution is -2.25. The van der Waals surface area contributed by atoms with Crippen molar-refractivity contribution in [3.63, 3.8) is 0 Å². The van der Waals surface area contributed by atoms with E-state index in [2.05, 4.69) is 15.4 Å². The SMILES string of the molecule is Cc1nn(C)c2nc(NCC(C)N)ccc12. The van der Waals surface area contributed by atoms with Gasteiger partial charge in [-0.25, -0.2) is 4.98 Å². The third-order valence-corrected chi connectivity index (χ3v) is 2.48. The van der Waals surface area contributed by atoms with Gasteiger partial charge in [0, 0.05) is 25.0 Å². The molecule has 0 amide bonds. The van der Waals surface area contributed by atoms with E-state index in [0.29, 0.717) is 0 Å². The topological polar surface area (TPSA) is 68.8 Å². The number of pyridine rings is 1. The summed E-state index contributed by atoms with van der Waals surface area (Å²) in [7, 11) is 1.90. The van der Waals surface area contributed by atoms with E-state index in [1.165, 1.54) is 0 Å². The monoisotopic (exact) mass is 219 g/mol. The van der Waals surface area contributed by atoms with E-state index in [1.54, 1.807) is 4.68 Å². The smallest absolute Gasteiger partial charge is 0.160 e. The third-order valence-electron chi connectivity index (χ3n) is 2.48. The summed E-state index contributed by atoms with van der Waals surface area (Å²) in [6, 6.07) is 4.11. The van der Waals surface area contributed by atoms with Crippen LogP contribution in [0.3, 0.4) is 0 Å². The van der Waals surface area contributed by atoms with Gasteiger partial charge in [-0.15, -0.1) is 0 Å². The molecule has 0 radical (unpaired) electrons. The zero-order valence-corrected chi connectivity index (χ0v) is 9.86. The van der Waals surface area contributed by atoms with Gasteiger partial charge in [0.15, 0.2) is 5.65 Å². The minimum Gasteiger partial charge on any atom is -0.368 e. The fourth-order valence-electron chi connectivity index (χ4n) is 1.67. The second kappa shape index (κ2) is 4.09. The Morgan fingerprint density at radius 3 is 2.94 bits per heavy atom. The van der Waals surface area contributed by atoms with Crippen molar-refractivity contribution in [3.8, 4) is 0 Å². The van der Waals surface area contributed by atoms with E-state index in [1.807, 2.05) is 33.0 Å². The molecule has 0 fully saturated rings. The second-order valence-electron chi connectivity index (χ2n) is 4.13. The lowest BCUT2D eigenvalue weighted by Gasteiger charge is -2.08. The number of nitrogens with two attached hydrogens (primary N) is 1. The molecule has 0 aliphatic heterocycles. The van der Waals surface area contributed by atoms with Crippen molar-refractivity contribution in [1.29, 1.82) is 0 Å². The maximum absolute atomic E-state index is 5.68. The van der Waals surface area contributed by atoms with Crippen LogP contribution in [0.2, 0.25) is 0 Å². The Balaban J connectivity index is 2.32. The Morgan fingerprint density at radius 2 is 2.25 bits per heavy atom. The normalized spacial score (nSPS) is 13.0. The van der Waals surface area contributed by atoms with Crippen LogP contribution in [0, 0.1) is 6.92 Å². The molecule has 5 nitrogen and oxygen atoms in total. The molecular formula is C11H17N5. The van der Waals surface area contributed by atoms with Gasteiger partial charge in [0.1, 0.15) is 5.82 Å². The van der Waals surface area contributed by atoms with E-state index in [9.17, 15) is 0 Å². The van der Waals surface area contributed by atoms with Crippen LogP contribution in [-0.2, 0) is 7.05 Å². The Hall–Kier alpha value is -1.62. The molecule has 2 aromatic rings. The number of hydrogen-bond acceptors (Lipinski definition) is 4. The van der Waals surface area contributed by atoms with Crippen molar-refractivity contribution in [1.82, 2.24) is 14.8 Å². The summed E-state index contributed by atoms with van der Waals surface area (Å²) in [6.07, 6.45) is 0. The summed E-state index contributed by atoms with van der Waals surface area (Å²) in [5, 5.41) is 8.62. The average Bonchev–Trinajstić information content (AvgIpc) is 2.52. The van der Waals surface area contributed by atoms with Crippen LogP contribution in [0.1, 0.15) is 12.6 Å². The average molecular weight is 219 g/mol. The predicted molar refractivity (Wildman–Crippen MR) is 65.4 cm³/mol. The lowest BCUT2D eigenvalue weighted by molar-refractivity contribution is 0.768. The Morgan fingerprint density at radius 1 is 1.50 bits per heavy atom. The molecule has 0 saturated heterocycles. The van der Waals surface area contributed by atoms with Gasteiger partial charge in [0.05, 0.1) is 5.69 Å². The molecule has 2 aromatic heterocycles. The highest BCUT2D eigenvalue weighted by Crippen LogP contribution is 2.17. The van der Waals surface area contributed by atoms with Crippen molar-refractivity contribution >= 4 is 16.9 Å². The second-order valence-corrected chi connectivity index (χ2v) is 4.13. The van der Waals surface area contributed by atoms with Crippen LogP contribution in [0.15, 0.2) is 12.1 Å². The highest BCUT2D eigenvalue weighted by molar-refractivity contribution is 5.79. The quantitative estimate of drug-likeness (QED) is 0.809. The predicted octanol–water partition coefficient (Wildman–Crippen LogP) is 1.04. The van der Waals surface area contributed by atoms with Crippen LogP contribution in [0.5, 0.6) is 0 Å². The molecule has 0 saturated carbocycles. The Bertz CT molecular complexity index is 500. The van der Waals surface area contributed by atoms with Crippen molar-refractivity contribution in [2.24, 2.45) is 12.8 Å². The molecule has 0 aromatic carbocycles. The zero-order valence-electron chi connectivity index (χ0n) is 9.86. The van der Waals surface area contributed by atoms with Crippen molar-refractivity contribution in [3.05, 3.63) is 17.8 Å². The number of nitrogens with one attached hydrogen (secondary N) is 1. The zero-order chi connectivity index (χ0) is 11.7. The fraction of sp³-hybridized carbons (Fsp3) is 0.455. The molecule has 2 rings (SSSR count). The first-order chi connectivity index (χ1) is 7.58. The first-order valence-corrected chi connectivity index (χ1v) is 5.37. The summed E-state index contributed by atoms with van der Waals surface area (Å²) in [4.78, 5) is 4.50. The highest BCUT2D eigenvalue weighted by atomic mass is 15.3. The third kappa shape index (κ3) is 1.99. The standard InChI is InChI=1S/C11H17N5/c1-7(12)6-13-10-5-4-9-8(2)15-16(3)11(9)14-10/h4-5,7H,6,12H2,1-3H3,(H,13,14). The molecule has 86 valence electrons. The first-order valence-electron chi connectivity index (χ1n) is 5.37. The van der Waals surface area contributed by atoms with Gasteiger partial charge < -0.3 is 11.1 Å². The van der Waals surface area contributed by atoms with Gasteiger partial charge in [0.2, 0.25) is 0 Å². The lowest BCUT2D eigenvalue weighted by atomic mass is 10.3. The molecule has 3 N–H and O–H groups in total. The molecule has 0 aliphatic rings. The van der Waals surface area contributed by atoms with Gasteiger partial charge >= 0.3 is 0 Å². The molecule has 0 bridgehead atoms. The van der Waals surface area contributed by atoms with Gasteiger partial charge in [-0.1, -0.05) is 0 Å². The number of aromatic nitrogens is 3. The summed E-state index contributed by atoms with van der Waals surface area (Å²) < 4.78 is 1.79.